The molecule has 92 valence electrons. The number of fused-ring (bicyclic) bond motifs is 1. The number of thiophene rings is 1. The highest BCUT2D eigenvalue weighted by atomic mass is 32.2. The first-order valence-corrected chi connectivity index (χ1v) is 6.91. The lowest BCUT2D eigenvalue weighted by atomic mass is 10.4. The highest BCUT2D eigenvalue weighted by molar-refractivity contribution is 7.99. The van der Waals surface area contributed by atoms with Crippen molar-refractivity contribution < 1.29 is 4.74 Å². The summed E-state index contributed by atoms with van der Waals surface area (Å²) in [5.74, 6) is 6.69. The maximum atomic E-state index is 5.37. The third-order valence-electron chi connectivity index (χ3n) is 2.14. The van der Waals surface area contributed by atoms with Crippen molar-refractivity contribution in [3.8, 4) is 0 Å². The largest absolute Gasteiger partial charge is 0.384 e. The molecule has 7 heteroatoms. The second kappa shape index (κ2) is 5.63. The molecule has 2 heterocycles. The standard InChI is InChI=1S/C10H14N4OS2/c1-6-5-7-8(16-4-3-15-2)12-10(14-11)13-9(7)17-6/h5H,3-4,11H2,1-2H3,(H,12,13,14). The third kappa shape index (κ3) is 2.86. The monoisotopic (exact) mass is 270 g/mol. The molecule has 0 aromatic carbocycles. The number of aryl methyl sites for hydroxylation is 1. The number of aromatic nitrogens is 2. The number of nitrogens with two attached hydrogens (primary N) is 1. The number of ether oxygens (including phenoxy) is 1. The maximum absolute atomic E-state index is 5.37. The van der Waals surface area contributed by atoms with Gasteiger partial charge in [-0.1, -0.05) is 0 Å². The average molecular weight is 270 g/mol. The SMILES string of the molecule is COCCSc1nc(NN)nc2sc(C)cc12. The second-order valence-electron chi connectivity index (χ2n) is 3.41. The van der Waals surface area contributed by atoms with Gasteiger partial charge in [-0.15, -0.1) is 23.1 Å². The zero-order chi connectivity index (χ0) is 12.3. The Morgan fingerprint density at radius 3 is 3.06 bits per heavy atom. The summed E-state index contributed by atoms with van der Waals surface area (Å²) in [6.07, 6.45) is 0. The molecule has 2 aromatic heterocycles. The van der Waals surface area contributed by atoms with Crippen molar-refractivity contribution in [2.24, 2.45) is 5.84 Å². The Morgan fingerprint density at radius 1 is 1.53 bits per heavy atom. The molecule has 0 bridgehead atoms. The van der Waals surface area contributed by atoms with Gasteiger partial charge in [-0.2, -0.15) is 0 Å². The summed E-state index contributed by atoms with van der Waals surface area (Å²) in [6, 6.07) is 2.11. The van der Waals surface area contributed by atoms with Gasteiger partial charge in [0.2, 0.25) is 5.95 Å². The molecular formula is C10H14N4OS2. The van der Waals surface area contributed by atoms with Crippen molar-refractivity contribution in [2.45, 2.75) is 11.9 Å². The normalized spacial score (nSPS) is 11.0. The molecule has 2 rings (SSSR count). The van der Waals surface area contributed by atoms with Gasteiger partial charge in [0.05, 0.1) is 6.61 Å². The second-order valence-corrected chi connectivity index (χ2v) is 5.73. The lowest BCUT2D eigenvalue weighted by molar-refractivity contribution is 0.218. The van der Waals surface area contributed by atoms with Crippen molar-refractivity contribution in [1.29, 1.82) is 0 Å². The highest BCUT2D eigenvalue weighted by Crippen LogP contribution is 2.31. The summed E-state index contributed by atoms with van der Waals surface area (Å²) in [7, 11) is 1.69. The van der Waals surface area contributed by atoms with Crippen molar-refractivity contribution in [2.75, 3.05) is 24.9 Å². The predicted octanol–water partition coefficient (Wildman–Crippen LogP) is 2.02. The van der Waals surface area contributed by atoms with Gasteiger partial charge in [0.15, 0.2) is 0 Å². The predicted molar refractivity (Wildman–Crippen MR) is 72.6 cm³/mol. The van der Waals surface area contributed by atoms with Crippen molar-refractivity contribution in [3.63, 3.8) is 0 Å². The number of hydrogen-bond acceptors (Lipinski definition) is 7. The first kappa shape index (κ1) is 12.6. The minimum atomic E-state index is 0.458. The Morgan fingerprint density at radius 2 is 2.35 bits per heavy atom. The van der Waals surface area contributed by atoms with Crippen molar-refractivity contribution >= 4 is 39.3 Å². The van der Waals surface area contributed by atoms with E-state index in [0.717, 1.165) is 21.0 Å². The van der Waals surface area contributed by atoms with E-state index in [0.29, 0.717) is 12.6 Å². The number of nitrogen functional groups attached to an aromatic ring is 1. The van der Waals surface area contributed by atoms with Crippen LogP contribution in [0.2, 0.25) is 0 Å². The van der Waals surface area contributed by atoms with Crippen LogP contribution < -0.4 is 11.3 Å². The first-order valence-electron chi connectivity index (χ1n) is 5.11. The molecular weight excluding hydrogens is 256 g/mol. The van der Waals surface area contributed by atoms with Crippen LogP contribution in [0.15, 0.2) is 11.1 Å². The zero-order valence-corrected chi connectivity index (χ0v) is 11.3. The summed E-state index contributed by atoms with van der Waals surface area (Å²) in [4.78, 5) is 10.9. The number of anilines is 1. The summed E-state index contributed by atoms with van der Waals surface area (Å²) < 4.78 is 5.04. The minimum absolute atomic E-state index is 0.458. The molecule has 0 aliphatic heterocycles. The van der Waals surface area contributed by atoms with E-state index in [1.165, 1.54) is 4.88 Å². The van der Waals surface area contributed by atoms with E-state index in [2.05, 4.69) is 28.4 Å². The Balaban J connectivity index is 2.36. The quantitative estimate of drug-likeness (QED) is 0.285. The average Bonchev–Trinajstić information content (AvgIpc) is 2.69. The fourth-order valence-corrected chi connectivity index (χ4v) is 3.26. The summed E-state index contributed by atoms with van der Waals surface area (Å²) in [6.45, 7) is 2.76. The Bertz CT molecular complexity index is 514. The molecule has 5 nitrogen and oxygen atoms in total. The van der Waals surface area contributed by atoms with Crippen LogP contribution in [-0.4, -0.2) is 29.4 Å². The van der Waals surface area contributed by atoms with Gasteiger partial charge in [-0.25, -0.2) is 15.8 Å². The molecule has 0 fully saturated rings. The molecule has 0 amide bonds. The van der Waals surface area contributed by atoms with Gasteiger partial charge in [0, 0.05) is 23.1 Å². The van der Waals surface area contributed by atoms with Crippen LogP contribution in [0.4, 0.5) is 5.95 Å². The summed E-state index contributed by atoms with van der Waals surface area (Å²) in [5.41, 5.74) is 2.50. The minimum Gasteiger partial charge on any atom is -0.384 e. The van der Waals surface area contributed by atoms with Gasteiger partial charge in [-0.05, 0) is 13.0 Å². The fourth-order valence-electron chi connectivity index (χ4n) is 1.41. The molecule has 0 spiro atoms. The molecule has 17 heavy (non-hydrogen) atoms. The number of hydrogen-bond donors (Lipinski definition) is 2. The fraction of sp³-hybridized carbons (Fsp3) is 0.400. The molecule has 3 N–H and O–H groups in total. The van der Waals surface area contributed by atoms with Crippen molar-refractivity contribution in [1.82, 2.24) is 9.97 Å². The van der Waals surface area contributed by atoms with Crippen LogP contribution in [-0.2, 0) is 4.74 Å². The maximum Gasteiger partial charge on any atom is 0.239 e. The van der Waals surface area contributed by atoms with E-state index < -0.39 is 0 Å². The Kier molecular flexibility index (Phi) is 4.16. The van der Waals surface area contributed by atoms with Crippen LogP contribution in [0.1, 0.15) is 4.88 Å². The molecule has 0 saturated heterocycles. The number of nitrogens with one attached hydrogen (secondary N) is 1. The van der Waals surface area contributed by atoms with E-state index in [4.69, 9.17) is 10.6 Å². The lowest BCUT2D eigenvalue weighted by Crippen LogP contribution is -2.10. The first-order chi connectivity index (χ1) is 8.24. The van der Waals surface area contributed by atoms with Crippen LogP contribution in [0.3, 0.4) is 0 Å². The van der Waals surface area contributed by atoms with E-state index in [1.807, 2.05) is 0 Å². The van der Waals surface area contributed by atoms with E-state index in [-0.39, 0.29) is 0 Å². The van der Waals surface area contributed by atoms with Crippen LogP contribution in [0.25, 0.3) is 10.2 Å². The molecule has 0 aliphatic carbocycles. The van der Waals surface area contributed by atoms with E-state index in [1.54, 1.807) is 30.2 Å². The number of rotatable bonds is 5. The zero-order valence-electron chi connectivity index (χ0n) is 9.69. The topological polar surface area (TPSA) is 73.1 Å². The van der Waals surface area contributed by atoms with Gasteiger partial charge in [0.1, 0.15) is 9.86 Å². The van der Waals surface area contributed by atoms with Gasteiger partial charge >= 0.3 is 0 Å². The number of nitrogens with zero attached hydrogens (tertiary/aromatic N) is 2. The van der Waals surface area contributed by atoms with Gasteiger partial charge in [0.25, 0.3) is 0 Å². The van der Waals surface area contributed by atoms with Crippen molar-refractivity contribution in [3.05, 3.63) is 10.9 Å². The number of thioether (sulfide) groups is 1. The number of methoxy groups -OCH3 is 1. The summed E-state index contributed by atoms with van der Waals surface area (Å²) >= 11 is 3.30. The smallest absolute Gasteiger partial charge is 0.239 e. The number of hydrazine groups is 1. The molecule has 0 atom stereocenters. The Labute approximate surface area is 108 Å². The molecule has 0 radical (unpaired) electrons. The molecule has 0 saturated carbocycles. The lowest BCUT2D eigenvalue weighted by Gasteiger charge is -2.04. The third-order valence-corrected chi connectivity index (χ3v) is 4.04. The van der Waals surface area contributed by atoms with Crippen LogP contribution in [0.5, 0.6) is 0 Å². The highest BCUT2D eigenvalue weighted by Gasteiger charge is 2.10. The van der Waals surface area contributed by atoms with Crippen LogP contribution in [0, 0.1) is 6.92 Å². The van der Waals surface area contributed by atoms with Gasteiger partial charge < -0.3 is 4.74 Å². The molecule has 2 aromatic rings. The molecule has 0 aliphatic rings. The summed E-state index contributed by atoms with van der Waals surface area (Å²) in [5, 5.41) is 2.04. The molecule has 0 unspecified atom stereocenters. The van der Waals surface area contributed by atoms with E-state index >= 15 is 0 Å². The van der Waals surface area contributed by atoms with E-state index in [9.17, 15) is 0 Å². The van der Waals surface area contributed by atoms with Gasteiger partial charge in [-0.3, -0.25) is 5.43 Å². The Hall–Kier alpha value is -0.890. The van der Waals surface area contributed by atoms with Crippen LogP contribution >= 0.6 is 23.1 Å².